The van der Waals surface area contributed by atoms with Gasteiger partial charge in [0.1, 0.15) is 30.0 Å². The number of nitrogens with zero attached hydrogens (tertiary/aromatic N) is 3. The molecule has 0 aliphatic carbocycles. The van der Waals surface area contributed by atoms with Crippen LogP contribution in [0.5, 0.6) is 5.75 Å². The number of aliphatic hydroxyl groups excluding tert-OH is 2. The van der Waals surface area contributed by atoms with Crippen molar-refractivity contribution in [2.75, 3.05) is 13.2 Å². The van der Waals surface area contributed by atoms with Gasteiger partial charge >= 0.3 is 0 Å². The monoisotopic (exact) mass is 429 g/mol. The second-order valence-corrected chi connectivity index (χ2v) is 7.20. The van der Waals surface area contributed by atoms with Crippen LogP contribution >= 0.6 is 0 Å². The molecule has 162 valence electrons. The summed E-state index contributed by atoms with van der Waals surface area (Å²) in [6.07, 6.45) is 2.81. The first-order chi connectivity index (χ1) is 15.6. The highest BCUT2D eigenvalue weighted by Crippen LogP contribution is 2.22. The number of benzene rings is 2. The fourth-order valence-electron chi connectivity index (χ4n) is 3.18. The molecule has 4 aromatic rings. The summed E-state index contributed by atoms with van der Waals surface area (Å²) in [4.78, 5) is 4.17. The maximum Gasteiger partial charge on any atom is 0.167 e. The van der Waals surface area contributed by atoms with Gasteiger partial charge in [-0.05, 0) is 55.5 Å². The lowest BCUT2D eigenvalue weighted by Crippen LogP contribution is -2.07. The van der Waals surface area contributed by atoms with Crippen LogP contribution in [-0.2, 0) is 6.54 Å². The molecule has 2 heterocycles. The van der Waals surface area contributed by atoms with Crippen molar-refractivity contribution in [3.63, 3.8) is 0 Å². The van der Waals surface area contributed by atoms with Gasteiger partial charge in [-0.15, -0.1) is 0 Å². The van der Waals surface area contributed by atoms with E-state index in [0.29, 0.717) is 23.9 Å². The molecule has 0 aliphatic heterocycles. The number of hydrogen-bond donors (Lipinski definition) is 2. The van der Waals surface area contributed by atoms with Crippen LogP contribution in [0.25, 0.3) is 11.3 Å². The minimum Gasteiger partial charge on any atom is -0.491 e. The predicted octanol–water partition coefficient (Wildman–Crippen LogP) is 3.41. The van der Waals surface area contributed by atoms with Gasteiger partial charge in [0.15, 0.2) is 5.76 Å². The third kappa shape index (κ3) is 5.24. The molecule has 1 atom stereocenters. The Balaban J connectivity index is 1.41. The fraction of sp³-hybridized carbons (Fsp3) is 0.200. The molecule has 0 aliphatic rings. The predicted molar refractivity (Wildman–Crippen MR) is 119 cm³/mol. The van der Waals surface area contributed by atoms with E-state index in [0.717, 1.165) is 22.4 Å². The van der Waals surface area contributed by atoms with E-state index in [4.69, 9.17) is 14.4 Å². The number of aromatic nitrogens is 3. The maximum atomic E-state index is 9.79. The summed E-state index contributed by atoms with van der Waals surface area (Å²) in [7, 11) is 0. The molecule has 0 bridgehead atoms. The average Bonchev–Trinajstić information content (AvgIpc) is 3.47. The average molecular weight is 429 g/mol. The summed E-state index contributed by atoms with van der Waals surface area (Å²) < 4.78 is 12.7. The molecule has 7 heteroatoms. The highest BCUT2D eigenvalue weighted by atomic mass is 16.5. The number of ether oxygens (including phenoxy) is 1. The largest absolute Gasteiger partial charge is 0.491 e. The van der Waals surface area contributed by atoms with E-state index in [2.05, 4.69) is 22.0 Å². The summed E-state index contributed by atoms with van der Waals surface area (Å²) in [5.41, 5.74) is 3.41. The summed E-state index contributed by atoms with van der Waals surface area (Å²) >= 11 is 0. The summed E-state index contributed by atoms with van der Waals surface area (Å²) in [5.74, 6) is 8.23. The fourth-order valence-corrected chi connectivity index (χ4v) is 3.18. The maximum absolute atomic E-state index is 9.79. The second-order valence-electron chi connectivity index (χ2n) is 7.20. The van der Waals surface area contributed by atoms with Gasteiger partial charge in [-0.3, -0.25) is 0 Å². The SMILES string of the molecule is C[C@H](O)c1nccn1Cc1cc(-c2ccc(C#Cc3ccc(OCCO)cc3)cc2)on1. The smallest absolute Gasteiger partial charge is 0.167 e. The van der Waals surface area contributed by atoms with Gasteiger partial charge in [0.25, 0.3) is 0 Å². The Morgan fingerprint density at radius 1 is 1.06 bits per heavy atom. The molecule has 4 rings (SSSR count). The third-order valence-corrected chi connectivity index (χ3v) is 4.75. The zero-order chi connectivity index (χ0) is 22.3. The lowest BCUT2D eigenvalue weighted by molar-refractivity contribution is 0.184. The van der Waals surface area contributed by atoms with E-state index in [-0.39, 0.29) is 13.2 Å². The van der Waals surface area contributed by atoms with Crippen LogP contribution in [0.15, 0.2) is 71.5 Å². The Labute approximate surface area is 185 Å². The molecule has 0 saturated carbocycles. The summed E-state index contributed by atoms with van der Waals surface area (Å²) in [6.45, 7) is 2.41. The zero-order valence-corrected chi connectivity index (χ0v) is 17.6. The van der Waals surface area contributed by atoms with Crippen LogP contribution < -0.4 is 4.74 Å². The third-order valence-electron chi connectivity index (χ3n) is 4.75. The summed E-state index contributed by atoms with van der Waals surface area (Å²) in [6, 6.07) is 17.1. The molecule has 0 unspecified atom stereocenters. The second kappa shape index (κ2) is 9.96. The molecule has 32 heavy (non-hydrogen) atoms. The molecule has 0 saturated heterocycles. The first-order valence-electron chi connectivity index (χ1n) is 10.2. The molecule has 0 amide bonds. The van der Waals surface area contributed by atoms with Gasteiger partial charge in [0.2, 0.25) is 0 Å². The van der Waals surface area contributed by atoms with Crippen LogP contribution in [0.4, 0.5) is 0 Å². The minimum absolute atomic E-state index is 0.0124. The number of aliphatic hydroxyl groups is 2. The topological polar surface area (TPSA) is 93.5 Å². The van der Waals surface area contributed by atoms with Gasteiger partial charge < -0.3 is 24.0 Å². The van der Waals surface area contributed by atoms with Crippen molar-refractivity contribution in [3.05, 3.63) is 89.6 Å². The summed E-state index contributed by atoms with van der Waals surface area (Å²) in [5, 5.41) is 22.7. The normalized spacial score (nSPS) is 11.6. The van der Waals surface area contributed by atoms with E-state index in [1.165, 1.54) is 0 Å². The Morgan fingerprint density at radius 2 is 1.75 bits per heavy atom. The van der Waals surface area contributed by atoms with Crippen LogP contribution in [0.3, 0.4) is 0 Å². The van der Waals surface area contributed by atoms with E-state index in [1.54, 1.807) is 19.3 Å². The van der Waals surface area contributed by atoms with E-state index >= 15 is 0 Å². The van der Waals surface area contributed by atoms with E-state index in [1.807, 2.05) is 59.2 Å². The molecule has 0 radical (unpaired) electrons. The highest BCUT2D eigenvalue weighted by molar-refractivity contribution is 5.59. The molecule has 2 aromatic heterocycles. The van der Waals surface area contributed by atoms with Crippen molar-refractivity contribution in [1.82, 2.24) is 14.7 Å². The number of imidazole rings is 1. The lowest BCUT2D eigenvalue weighted by atomic mass is 10.1. The minimum atomic E-state index is -0.650. The first-order valence-corrected chi connectivity index (χ1v) is 10.2. The molecule has 7 nitrogen and oxygen atoms in total. The van der Waals surface area contributed by atoms with Gasteiger partial charge in [-0.25, -0.2) is 4.98 Å². The number of rotatable bonds is 7. The van der Waals surface area contributed by atoms with Gasteiger partial charge in [-0.2, -0.15) is 0 Å². The van der Waals surface area contributed by atoms with Crippen LogP contribution in [0.1, 0.15) is 35.7 Å². The van der Waals surface area contributed by atoms with E-state index < -0.39 is 6.10 Å². The van der Waals surface area contributed by atoms with Crippen molar-refractivity contribution in [1.29, 1.82) is 0 Å². The van der Waals surface area contributed by atoms with Crippen molar-refractivity contribution in [2.24, 2.45) is 0 Å². The van der Waals surface area contributed by atoms with Gasteiger partial charge in [0.05, 0.1) is 13.2 Å². The van der Waals surface area contributed by atoms with Crippen molar-refractivity contribution in [3.8, 4) is 28.9 Å². The molecule has 2 N–H and O–H groups in total. The van der Waals surface area contributed by atoms with Crippen molar-refractivity contribution in [2.45, 2.75) is 19.6 Å². The molecule has 0 fully saturated rings. The first kappa shape index (κ1) is 21.4. The Hall–Kier alpha value is -3.86. The van der Waals surface area contributed by atoms with Crippen LogP contribution in [-0.4, -0.2) is 38.1 Å². The van der Waals surface area contributed by atoms with Crippen molar-refractivity contribution < 1.29 is 19.5 Å². The number of hydrogen-bond acceptors (Lipinski definition) is 6. The quantitative estimate of drug-likeness (QED) is 0.438. The lowest BCUT2D eigenvalue weighted by Gasteiger charge is -2.07. The Morgan fingerprint density at radius 3 is 2.41 bits per heavy atom. The zero-order valence-electron chi connectivity index (χ0n) is 17.6. The highest BCUT2D eigenvalue weighted by Gasteiger charge is 2.12. The molecular weight excluding hydrogens is 406 g/mol. The molecule has 2 aromatic carbocycles. The van der Waals surface area contributed by atoms with E-state index in [9.17, 15) is 5.11 Å². The standard InChI is InChI=1S/C25H23N3O4/c1-18(30)25-26-12-13-28(25)17-22-16-24(32-27-22)21-8-4-19(5-9-21)2-3-20-6-10-23(11-7-20)31-15-14-29/h4-13,16,18,29-30H,14-15,17H2,1H3/t18-/m0/s1. The van der Waals surface area contributed by atoms with Crippen molar-refractivity contribution >= 4 is 0 Å². The van der Waals surface area contributed by atoms with Gasteiger partial charge in [-0.1, -0.05) is 17.0 Å². The van der Waals surface area contributed by atoms with Crippen LogP contribution in [0.2, 0.25) is 0 Å². The molecule has 0 spiro atoms. The molecular formula is C25H23N3O4. The Bertz CT molecular complexity index is 1210. The van der Waals surface area contributed by atoms with Crippen LogP contribution in [0, 0.1) is 11.8 Å². The Kier molecular flexibility index (Phi) is 6.66. The van der Waals surface area contributed by atoms with Gasteiger partial charge in [0, 0.05) is 35.2 Å².